The molecule has 0 aliphatic heterocycles. The Hall–Kier alpha value is -4.13. The maximum atomic E-state index is 13.5. The normalized spacial score (nSPS) is 18.2. The van der Waals surface area contributed by atoms with Crippen molar-refractivity contribution < 1.29 is 34.0 Å². The number of hydrogen-bond acceptors (Lipinski definition) is 8. The van der Waals surface area contributed by atoms with Gasteiger partial charge in [-0.25, -0.2) is 4.79 Å². The first-order chi connectivity index (χ1) is 18.9. The Bertz CT molecular complexity index is 1250. The second kappa shape index (κ2) is 13.3. The molecular formula is C26H32ClN5O8. The van der Waals surface area contributed by atoms with E-state index in [1.165, 1.54) is 19.2 Å². The van der Waals surface area contributed by atoms with E-state index in [0.717, 1.165) is 0 Å². The quantitative estimate of drug-likeness (QED) is 0.120. The monoisotopic (exact) mass is 577 g/mol. The largest absolute Gasteiger partial charge is 0.467 e. The average molecular weight is 578 g/mol. The van der Waals surface area contributed by atoms with E-state index in [-0.39, 0.29) is 36.0 Å². The topological polar surface area (TPSA) is 182 Å². The van der Waals surface area contributed by atoms with Gasteiger partial charge in [0.1, 0.15) is 29.0 Å². The zero-order valence-corrected chi connectivity index (χ0v) is 23.0. The van der Waals surface area contributed by atoms with Gasteiger partial charge in [0.2, 0.25) is 17.9 Å². The summed E-state index contributed by atoms with van der Waals surface area (Å²) in [5.74, 6) is -3.70. The van der Waals surface area contributed by atoms with Gasteiger partial charge in [-0.15, -0.1) is 0 Å². The van der Waals surface area contributed by atoms with Crippen LogP contribution in [0.25, 0.3) is 0 Å². The van der Waals surface area contributed by atoms with Gasteiger partial charge in [0.05, 0.1) is 7.11 Å². The first-order valence-electron chi connectivity index (χ1n) is 12.7. The number of hydrogen-bond donors (Lipinski definition) is 4. The van der Waals surface area contributed by atoms with Crippen molar-refractivity contribution in [2.45, 2.75) is 57.3 Å². The highest BCUT2D eigenvalue weighted by Gasteiger charge is 2.50. The van der Waals surface area contributed by atoms with Gasteiger partial charge in [-0.2, -0.15) is 4.73 Å². The summed E-state index contributed by atoms with van der Waals surface area (Å²) in [5, 5.41) is 28.8. The average Bonchev–Trinajstić information content (AvgIpc) is 3.62. The van der Waals surface area contributed by atoms with E-state index in [9.17, 15) is 34.5 Å². The van der Waals surface area contributed by atoms with Gasteiger partial charge in [0.25, 0.3) is 5.91 Å². The molecule has 1 aliphatic carbocycles. The maximum absolute atomic E-state index is 13.5. The number of nitro groups is 1. The van der Waals surface area contributed by atoms with Crippen molar-refractivity contribution in [3.05, 3.63) is 69.0 Å². The number of esters is 1. The Labute approximate surface area is 235 Å². The molecule has 5 atom stereocenters. The van der Waals surface area contributed by atoms with E-state index in [4.69, 9.17) is 16.3 Å². The van der Waals surface area contributed by atoms with Crippen molar-refractivity contribution in [3.8, 4) is 0 Å². The van der Waals surface area contributed by atoms with Gasteiger partial charge in [-0.05, 0) is 30.0 Å². The van der Waals surface area contributed by atoms with Crippen LogP contribution in [0.15, 0.2) is 42.5 Å². The van der Waals surface area contributed by atoms with Crippen LogP contribution < -0.4 is 16.0 Å². The lowest BCUT2D eigenvalue weighted by Gasteiger charge is -2.26. The third-order valence-corrected chi connectivity index (χ3v) is 6.98. The van der Waals surface area contributed by atoms with Crippen molar-refractivity contribution in [2.75, 3.05) is 7.11 Å². The Morgan fingerprint density at radius 1 is 1.07 bits per heavy atom. The van der Waals surface area contributed by atoms with Crippen LogP contribution in [0.1, 0.15) is 42.7 Å². The fourth-order valence-corrected chi connectivity index (χ4v) is 4.45. The van der Waals surface area contributed by atoms with E-state index in [0.29, 0.717) is 10.3 Å². The smallest absolute Gasteiger partial charge is 0.328 e. The van der Waals surface area contributed by atoms with Gasteiger partial charge in [0.15, 0.2) is 0 Å². The fraction of sp³-hybridized carbons (Fsp3) is 0.462. The number of carbonyl (C=O) groups excluding carboxylic acids is 4. The van der Waals surface area contributed by atoms with Crippen LogP contribution in [0.4, 0.5) is 0 Å². The molecule has 0 saturated heterocycles. The van der Waals surface area contributed by atoms with Crippen LogP contribution in [0.3, 0.4) is 0 Å². The molecule has 1 aromatic carbocycles. The van der Waals surface area contributed by atoms with Crippen LogP contribution in [0.2, 0.25) is 5.15 Å². The molecule has 3 amide bonds. The zero-order valence-electron chi connectivity index (χ0n) is 22.2. The number of nitrogens with one attached hydrogen (secondary N) is 3. The molecule has 14 heteroatoms. The minimum atomic E-state index is -1.27. The lowest BCUT2D eigenvalue weighted by Crippen LogP contribution is -2.57. The number of nitrogens with zero attached hydrogens (tertiary/aromatic N) is 2. The van der Waals surface area contributed by atoms with Gasteiger partial charge in [0, 0.05) is 23.7 Å². The highest BCUT2D eigenvalue weighted by atomic mass is 35.5. The third-order valence-electron chi connectivity index (χ3n) is 6.69. The first-order valence-corrected chi connectivity index (χ1v) is 13.0. The Morgan fingerprint density at radius 2 is 1.73 bits per heavy atom. The SMILES string of the molecule is COC(=O)[C@@H](NC(=O)[C@H](Cc1ccccc1)NC(=O)[C@H](C[C@@H]1C[C@H]1[N+](=O)[O-])NC(=O)c1ccc(Cl)n1O)C(C)C. The second-order valence-corrected chi connectivity index (χ2v) is 10.4. The molecule has 0 radical (unpaired) electrons. The third kappa shape index (κ3) is 7.72. The minimum absolute atomic E-state index is 0.0567. The molecule has 1 aromatic heterocycles. The molecule has 0 spiro atoms. The Kier molecular flexibility index (Phi) is 10.1. The number of amides is 3. The Morgan fingerprint density at radius 3 is 2.25 bits per heavy atom. The predicted octanol–water partition coefficient (Wildman–Crippen LogP) is 1.57. The maximum Gasteiger partial charge on any atom is 0.328 e. The summed E-state index contributed by atoms with van der Waals surface area (Å²) in [4.78, 5) is 62.7. The van der Waals surface area contributed by atoms with Crippen molar-refractivity contribution in [3.63, 3.8) is 0 Å². The number of benzene rings is 1. The summed E-state index contributed by atoms with van der Waals surface area (Å²) in [7, 11) is 1.20. The van der Waals surface area contributed by atoms with E-state index in [2.05, 4.69) is 16.0 Å². The van der Waals surface area contributed by atoms with Crippen LogP contribution in [0, 0.1) is 22.0 Å². The van der Waals surface area contributed by atoms with E-state index < -0.39 is 58.7 Å². The molecule has 2 aromatic rings. The van der Waals surface area contributed by atoms with Gasteiger partial charge >= 0.3 is 5.97 Å². The lowest BCUT2D eigenvalue weighted by molar-refractivity contribution is -0.498. The highest BCUT2D eigenvalue weighted by molar-refractivity contribution is 6.30. The fourth-order valence-electron chi connectivity index (χ4n) is 4.30. The van der Waals surface area contributed by atoms with Gasteiger partial charge in [-0.3, -0.25) is 24.5 Å². The lowest BCUT2D eigenvalue weighted by atomic mass is 10.0. The summed E-state index contributed by atoms with van der Waals surface area (Å²) >= 11 is 5.80. The number of methoxy groups -OCH3 is 1. The number of halogens is 1. The molecular weight excluding hydrogens is 546 g/mol. The highest BCUT2D eigenvalue weighted by Crippen LogP contribution is 2.37. The number of carbonyl (C=O) groups is 4. The molecule has 13 nitrogen and oxygen atoms in total. The van der Waals surface area contributed by atoms with E-state index in [1.54, 1.807) is 44.2 Å². The van der Waals surface area contributed by atoms with Crippen molar-refractivity contribution >= 4 is 35.3 Å². The number of aromatic nitrogens is 1. The molecule has 4 N–H and O–H groups in total. The summed E-state index contributed by atoms with van der Waals surface area (Å²) in [6.07, 6.45) is 0.221. The van der Waals surface area contributed by atoms with Gasteiger partial charge in [-0.1, -0.05) is 55.8 Å². The molecule has 40 heavy (non-hydrogen) atoms. The van der Waals surface area contributed by atoms with Crippen LogP contribution in [-0.2, 0) is 25.5 Å². The van der Waals surface area contributed by atoms with Gasteiger partial charge < -0.3 is 25.9 Å². The molecule has 0 unspecified atom stereocenters. The molecule has 1 heterocycles. The van der Waals surface area contributed by atoms with E-state index in [1.807, 2.05) is 0 Å². The molecule has 3 rings (SSSR count). The molecule has 1 aliphatic rings. The number of ether oxygens (including phenoxy) is 1. The zero-order chi connectivity index (χ0) is 29.6. The van der Waals surface area contributed by atoms with Crippen LogP contribution in [-0.4, -0.2) is 69.8 Å². The standard InChI is InChI=1S/C26H32ClN5O8/c1-14(2)22(26(36)40-3)30-24(34)17(11-15-7-5-4-6-8-15)28-23(33)18(12-16-13-20(16)32(38)39)29-25(35)19-9-10-21(27)31(19)37/h4-10,14,16-18,20,22,37H,11-13H2,1-3H3,(H,28,33)(H,29,35)(H,30,34)/t16-,17+,18+,20-,22+/m1/s1. The molecule has 216 valence electrons. The minimum Gasteiger partial charge on any atom is -0.467 e. The Balaban J connectivity index is 1.84. The predicted molar refractivity (Wildman–Crippen MR) is 142 cm³/mol. The number of rotatable bonds is 13. The first kappa shape index (κ1) is 30.4. The van der Waals surface area contributed by atoms with Crippen LogP contribution in [0.5, 0.6) is 0 Å². The van der Waals surface area contributed by atoms with E-state index >= 15 is 0 Å². The summed E-state index contributed by atoms with van der Waals surface area (Å²) in [6, 6.07) is 7.10. The second-order valence-electron chi connectivity index (χ2n) is 9.97. The van der Waals surface area contributed by atoms with Crippen molar-refractivity contribution in [1.82, 2.24) is 20.7 Å². The molecule has 1 saturated carbocycles. The summed E-state index contributed by atoms with van der Waals surface area (Å²) in [6.45, 7) is 3.45. The summed E-state index contributed by atoms with van der Waals surface area (Å²) in [5.41, 5.74) is 0.465. The molecule has 0 bridgehead atoms. The van der Waals surface area contributed by atoms with Crippen molar-refractivity contribution in [1.29, 1.82) is 0 Å². The van der Waals surface area contributed by atoms with Crippen molar-refractivity contribution in [2.24, 2.45) is 11.8 Å². The van der Waals surface area contributed by atoms with Crippen LogP contribution >= 0.6 is 11.6 Å². The summed E-state index contributed by atoms with van der Waals surface area (Å²) < 4.78 is 5.23. The molecule has 1 fully saturated rings.